The molecule has 2 saturated carbocycles. The van der Waals surface area contributed by atoms with Gasteiger partial charge in [-0.15, -0.1) is 0 Å². The first kappa shape index (κ1) is 27.6. The van der Waals surface area contributed by atoms with Crippen LogP contribution in [-0.4, -0.2) is 76.0 Å². The van der Waals surface area contributed by atoms with Gasteiger partial charge in [0, 0.05) is 47.7 Å². The number of ether oxygens (including phenoxy) is 2. The van der Waals surface area contributed by atoms with Gasteiger partial charge in [-0.05, 0) is 103 Å². The fourth-order valence-electron chi connectivity index (χ4n) is 7.41. The molecule has 2 aromatic heterocycles. The maximum Gasteiger partial charge on any atom is 0.213 e. The van der Waals surface area contributed by atoms with E-state index in [4.69, 9.17) is 9.47 Å². The Morgan fingerprint density at radius 1 is 0.575 bits per heavy atom. The van der Waals surface area contributed by atoms with Crippen LogP contribution in [0.5, 0.6) is 11.8 Å². The van der Waals surface area contributed by atoms with Crippen molar-refractivity contribution in [1.29, 1.82) is 0 Å². The van der Waals surface area contributed by atoms with Crippen molar-refractivity contribution in [3.8, 4) is 11.8 Å². The van der Waals surface area contributed by atoms with Crippen molar-refractivity contribution in [1.82, 2.24) is 19.8 Å². The molecule has 6 rings (SSSR count). The lowest BCUT2D eigenvalue weighted by Gasteiger charge is -2.41. The molecule has 2 aliphatic heterocycles. The lowest BCUT2D eigenvalue weighted by molar-refractivity contribution is 0.0237. The molecule has 4 heterocycles. The van der Waals surface area contributed by atoms with Crippen molar-refractivity contribution < 1.29 is 14.3 Å². The molecule has 2 aromatic rings. The highest BCUT2D eigenvalue weighted by molar-refractivity contribution is 6.08. The maximum atomic E-state index is 13.2. The minimum Gasteiger partial charge on any atom is -0.473 e. The van der Waals surface area contributed by atoms with Crippen molar-refractivity contribution in [2.45, 2.75) is 114 Å². The predicted molar refractivity (Wildman–Crippen MR) is 156 cm³/mol. The average Bonchev–Trinajstić information content (AvgIpc) is 3.03. The van der Waals surface area contributed by atoms with E-state index in [1.54, 1.807) is 12.4 Å². The minimum atomic E-state index is -0.0779. The highest BCUT2D eigenvalue weighted by Gasteiger charge is 2.34. The van der Waals surface area contributed by atoms with Gasteiger partial charge < -0.3 is 9.47 Å². The summed E-state index contributed by atoms with van der Waals surface area (Å²) in [5, 5.41) is 0. The number of carbonyl (C=O) groups is 1. The average molecular weight is 547 g/mol. The van der Waals surface area contributed by atoms with Crippen LogP contribution in [0.3, 0.4) is 0 Å². The molecule has 4 atom stereocenters. The summed E-state index contributed by atoms with van der Waals surface area (Å²) >= 11 is 0. The van der Waals surface area contributed by atoms with E-state index in [1.165, 1.54) is 103 Å². The number of aromatic nitrogens is 2. The third-order valence-electron chi connectivity index (χ3n) is 9.60. The first-order chi connectivity index (χ1) is 19.7. The van der Waals surface area contributed by atoms with E-state index in [-0.39, 0.29) is 18.0 Å². The number of hydrogen-bond acceptors (Lipinski definition) is 7. The van der Waals surface area contributed by atoms with Gasteiger partial charge in [0.15, 0.2) is 5.78 Å². The molecule has 2 saturated heterocycles. The number of carbonyl (C=O) groups excluding carboxylic acids is 1. The third-order valence-corrected chi connectivity index (χ3v) is 9.60. The summed E-state index contributed by atoms with van der Waals surface area (Å²) < 4.78 is 12.8. The van der Waals surface area contributed by atoms with Gasteiger partial charge in [0.2, 0.25) is 11.8 Å². The van der Waals surface area contributed by atoms with E-state index in [0.717, 1.165) is 12.8 Å². The quantitative estimate of drug-likeness (QED) is 0.373. The molecule has 40 heavy (non-hydrogen) atoms. The topological polar surface area (TPSA) is 67.8 Å². The Labute approximate surface area is 239 Å². The summed E-state index contributed by atoms with van der Waals surface area (Å²) in [5.74, 6) is 1.15. The molecule has 4 unspecified atom stereocenters. The number of pyridine rings is 2. The molecule has 0 radical (unpaired) electrons. The third kappa shape index (κ3) is 6.68. The van der Waals surface area contributed by atoms with Crippen LogP contribution in [0.25, 0.3) is 0 Å². The molecule has 0 N–H and O–H groups in total. The molecule has 0 bridgehead atoms. The van der Waals surface area contributed by atoms with E-state index in [1.807, 2.05) is 24.3 Å². The lowest BCUT2D eigenvalue weighted by Crippen LogP contribution is -2.49. The fraction of sp³-hybridized carbons (Fsp3) is 0.667. The molecule has 7 nitrogen and oxygen atoms in total. The molecule has 0 aromatic carbocycles. The zero-order chi connectivity index (χ0) is 27.1. The van der Waals surface area contributed by atoms with Crippen LogP contribution in [0, 0.1) is 0 Å². The number of hydrogen-bond donors (Lipinski definition) is 0. The van der Waals surface area contributed by atoms with Crippen molar-refractivity contribution in [3.63, 3.8) is 0 Å². The van der Waals surface area contributed by atoms with Gasteiger partial charge in [-0.1, -0.05) is 25.7 Å². The summed E-state index contributed by atoms with van der Waals surface area (Å²) in [5.41, 5.74) is 1.10. The molecule has 4 aliphatic rings. The van der Waals surface area contributed by atoms with Crippen LogP contribution in [0.1, 0.15) is 106 Å². The Morgan fingerprint density at radius 2 is 1.00 bits per heavy atom. The van der Waals surface area contributed by atoms with Gasteiger partial charge >= 0.3 is 0 Å². The van der Waals surface area contributed by atoms with Crippen molar-refractivity contribution in [2.75, 3.05) is 26.2 Å². The summed E-state index contributed by atoms with van der Waals surface area (Å²) in [7, 11) is 0. The van der Waals surface area contributed by atoms with Crippen molar-refractivity contribution in [3.05, 3.63) is 47.8 Å². The van der Waals surface area contributed by atoms with E-state index in [9.17, 15) is 4.79 Å². The Hall–Kier alpha value is -2.51. The summed E-state index contributed by atoms with van der Waals surface area (Å²) in [6.45, 7) is 4.73. The van der Waals surface area contributed by atoms with Gasteiger partial charge in [-0.3, -0.25) is 14.6 Å². The number of likely N-dealkylation sites (tertiary alicyclic amines) is 2. The number of piperidine rings is 2. The summed E-state index contributed by atoms with van der Waals surface area (Å²) in [6, 6.07) is 8.33. The predicted octanol–water partition coefficient (Wildman–Crippen LogP) is 6.06. The van der Waals surface area contributed by atoms with Crippen LogP contribution in [-0.2, 0) is 0 Å². The van der Waals surface area contributed by atoms with E-state index >= 15 is 0 Å². The van der Waals surface area contributed by atoms with Crippen LogP contribution in [0.15, 0.2) is 36.7 Å². The zero-order valence-corrected chi connectivity index (χ0v) is 24.0. The van der Waals surface area contributed by atoms with Gasteiger partial charge in [0.25, 0.3) is 0 Å². The monoisotopic (exact) mass is 546 g/mol. The van der Waals surface area contributed by atoms with E-state index < -0.39 is 0 Å². The van der Waals surface area contributed by atoms with Gasteiger partial charge in [0.1, 0.15) is 12.2 Å². The second-order valence-electron chi connectivity index (χ2n) is 12.3. The van der Waals surface area contributed by atoms with Crippen LogP contribution in [0.4, 0.5) is 0 Å². The van der Waals surface area contributed by atoms with E-state index in [2.05, 4.69) is 19.8 Å². The SMILES string of the molecule is O=C(c1ccc(OC2CCCCC2N2CCCCC2)nc1)c1ccc(OC2CCCCC2N2CCCCC2)nc1. The molecule has 4 fully saturated rings. The minimum absolute atomic E-state index is 0.0779. The van der Waals surface area contributed by atoms with Crippen molar-refractivity contribution in [2.24, 2.45) is 0 Å². The second-order valence-corrected chi connectivity index (χ2v) is 12.3. The maximum absolute atomic E-state index is 13.2. The first-order valence-corrected chi connectivity index (χ1v) is 16.0. The number of rotatable bonds is 8. The molecule has 2 aliphatic carbocycles. The molecule has 0 amide bonds. The van der Waals surface area contributed by atoms with E-state index in [0.29, 0.717) is 35.0 Å². The van der Waals surface area contributed by atoms with Crippen LogP contribution < -0.4 is 9.47 Å². The van der Waals surface area contributed by atoms with Crippen LogP contribution >= 0.6 is 0 Å². The Balaban J connectivity index is 1.05. The standard InChI is InChI=1S/C33H46N4O3/c38-33(25-15-17-31(34-23-25)39-29-13-5-3-11-27(29)36-19-7-1-8-20-36)26-16-18-32(35-24-26)40-30-14-6-4-12-28(30)37-21-9-2-10-22-37/h15-18,23-24,27-30H,1-14,19-22H2. The molecule has 0 spiro atoms. The first-order valence-electron chi connectivity index (χ1n) is 16.0. The fourth-order valence-corrected chi connectivity index (χ4v) is 7.41. The summed E-state index contributed by atoms with van der Waals surface area (Å²) in [4.78, 5) is 27.5. The molecule has 7 heteroatoms. The number of nitrogens with zero attached hydrogens (tertiary/aromatic N) is 4. The van der Waals surface area contributed by atoms with Gasteiger partial charge in [-0.2, -0.15) is 0 Å². The summed E-state index contributed by atoms with van der Waals surface area (Å²) in [6.07, 6.45) is 21.0. The Bertz CT molecular complexity index is 994. The normalized spacial score (nSPS) is 28.6. The zero-order valence-electron chi connectivity index (χ0n) is 24.0. The van der Waals surface area contributed by atoms with Crippen molar-refractivity contribution >= 4 is 5.78 Å². The van der Waals surface area contributed by atoms with Crippen LogP contribution in [0.2, 0.25) is 0 Å². The molecule has 216 valence electrons. The van der Waals surface area contributed by atoms with Gasteiger partial charge in [0.05, 0.1) is 0 Å². The second kappa shape index (κ2) is 13.4. The Kier molecular flexibility index (Phi) is 9.29. The number of ketones is 1. The lowest BCUT2D eigenvalue weighted by atomic mass is 9.90. The Morgan fingerprint density at radius 3 is 1.40 bits per heavy atom. The largest absolute Gasteiger partial charge is 0.473 e. The highest BCUT2D eigenvalue weighted by Crippen LogP contribution is 2.30. The van der Waals surface area contributed by atoms with Gasteiger partial charge in [-0.25, -0.2) is 9.97 Å². The molecular weight excluding hydrogens is 500 g/mol. The highest BCUT2D eigenvalue weighted by atomic mass is 16.5. The molecular formula is C33H46N4O3. The smallest absolute Gasteiger partial charge is 0.213 e.